The summed E-state index contributed by atoms with van der Waals surface area (Å²) in [6.45, 7) is 2.54. The molecule has 3 rings (SSSR count). The van der Waals surface area contributed by atoms with E-state index < -0.39 is 16.0 Å². The highest BCUT2D eigenvalue weighted by molar-refractivity contribution is 7.98. The highest BCUT2D eigenvalue weighted by Gasteiger charge is 2.32. The Hall–Kier alpha value is -1.88. The molecule has 1 saturated heterocycles. The Bertz CT molecular complexity index is 994. The van der Waals surface area contributed by atoms with Gasteiger partial charge in [0.25, 0.3) is 0 Å². The number of sulfonamides is 1. The van der Waals surface area contributed by atoms with Crippen LogP contribution in [0.4, 0.5) is 5.00 Å². The lowest BCUT2D eigenvalue weighted by atomic mass is 9.97. The van der Waals surface area contributed by atoms with Crippen molar-refractivity contribution in [2.45, 2.75) is 29.6 Å². The average molecular weight is 469 g/mol. The third-order valence-electron chi connectivity index (χ3n) is 4.92. The van der Waals surface area contributed by atoms with E-state index in [9.17, 15) is 18.0 Å². The maximum Gasteiger partial charge on any atom is 0.341 e. The molecule has 162 valence electrons. The van der Waals surface area contributed by atoms with E-state index in [2.05, 4.69) is 5.32 Å². The third kappa shape index (κ3) is 5.05. The molecule has 0 radical (unpaired) electrons. The number of hydrogen-bond acceptors (Lipinski definition) is 7. The Balaban J connectivity index is 1.60. The molecule has 2 heterocycles. The van der Waals surface area contributed by atoms with E-state index in [1.165, 1.54) is 15.6 Å². The largest absolute Gasteiger partial charge is 0.462 e. The number of thioether (sulfide) groups is 1. The van der Waals surface area contributed by atoms with Gasteiger partial charge >= 0.3 is 5.97 Å². The number of nitrogens with one attached hydrogen (secondary N) is 1. The summed E-state index contributed by atoms with van der Waals surface area (Å²) in [5.74, 6) is -0.987. The molecule has 1 aromatic carbocycles. The quantitative estimate of drug-likeness (QED) is 0.492. The summed E-state index contributed by atoms with van der Waals surface area (Å²) in [7, 11) is -3.58. The molecule has 0 saturated carbocycles. The maximum absolute atomic E-state index is 12.9. The molecule has 1 aliphatic rings. The van der Waals surface area contributed by atoms with Gasteiger partial charge in [-0.1, -0.05) is 0 Å². The predicted molar refractivity (Wildman–Crippen MR) is 119 cm³/mol. The van der Waals surface area contributed by atoms with Crippen LogP contribution in [0, 0.1) is 5.92 Å². The highest BCUT2D eigenvalue weighted by atomic mass is 32.2. The first-order chi connectivity index (χ1) is 14.4. The number of carbonyl (C=O) groups is 2. The Morgan fingerprint density at radius 1 is 1.20 bits per heavy atom. The molecule has 0 spiro atoms. The number of ether oxygens (including phenoxy) is 1. The van der Waals surface area contributed by atoms with Gasteiger partial charge in [0.15, 0.2) is 0 Å². The van der Waals surface area contributed by atoms with Crippen molar-refractivity contribution < 1.29 is 22.7 Å². The van der Waals surface area contributed by atoms with Crippen LogP contribution in [0.5, 0.6) is 0 Å². The predicted octanol–water partition coefficient (Wildman–Crippen LogP) is 3.69. The second kappa shape index (κ2) is 9.95. The van der Waals surface area contributed by atoms with E-state index in [-0.39, 0.29) is 36.4 Å². The zero-order valence-corrected chi connectivity index (χ0v) is 19.2. The second-order valence-electron chi connectivity index (χ2n) is 6.73. The van der Waals surface area contributed by atoms with E-state index >= 15 is 0 Å². The smallest absolute Gasteiger partial charge is 0.341 e. The molecule has 1 N–H and O–H groups in total. The molecule has 7 nitrogen and oxygen atoms in total. The van der Waals surface area contributed by atoms with Gasteiger partial charge in [-0.25, -0.2) is 13.2 Å². The topological polar surface area (TPSA) is 92.8 Å². The van der Waals surface area contributed by atoms with Crippen molar-refractivity contribution in [3.8, 4) is 0 Å². The van der Waals surface area contributed by atoms with E-state index in [1.54, 1.807) is 54.4 Å². The molecule has 1 fully saturated rings. The normalized spacial score (nSPS) is 15.7. The van der Waals surface area contributed by atoms with Crippen molar-refractivity contribution in [3.05, 3.63) is 41.3 Å². The molecule has 1 amide bonds. The SMILES string of the molecule is CCOC(=O)c1ccsc1NC(=O)C1CCN(S(=O)(=O)c2ccc(SC)cc2)CC1. The van der Waals surface area contributed by atoms with Crippen LogP contribution >= 0.6 is 23.1 Å². The van der Waals surface area contributed by atoms with Gasteiger partial charge in [-0.3, -0.25) is 4.79 Å². The molecular formula is C20H24N2O5S3. The summed E-state index contributed by atoms with van der Waals surface area (Å²) in [5.41, 5.74) is 0.337. The molecule has 1 aromatic heterocycles. The van der Waals surface area contributed by atoms with Crippen molar-refractivity contribution in [2.24, 2.45) is 5.92 Å². The van der Waals surface area contributed by atoms with Crippen LogP contribution in [-0.2, 0) is 19.6 Å². The van der Waals surface area contributed by atoms with Crippen LogP contribution in [0.15, 0.2) is 45.5 Å². The van der Waals surface area contributed by atoms with E-state index in [4.69, 9.17) is 4.74 Å². The van der Waals surface area contributed by atoms with Crippen molar-refractivity contribution in [1.29, 1.82) is 0 Å². The standard InChI is InChI=1S/C20H24N2O5S3/c1-3-27-20(24)17-10-13-29-19(17)21-18(23)14-8-11-22(12-9-14)30(25,26)16-6-4-15(28-2)5-7-16/h4-7,10,13-14H,3,8-9,11-12H2,1-2H3,(H,21,23). The van der Waals surface area contributed by atoms with Gasteiger partial charge in [-0.05, 0) is 61.7 Å². The zero-order valence-electron chi connectivity index (χ0n) is 16.8. The average Bonchev–Trinajstić information content (AvgIpc) is 3.22. The lowest BCUT2D eigenvalue weighted by Crippen LogP contribution is -2.41. The molecule has 0 bridgehead atoms. The summed E-state index contributed by atoms with van der Waals surface area (Å²) in [5, 5.41) is 4.99. The number of hydrogen-bond donors (Lipinski definition) is 1. The second-order valence-corrected chi connectivity index (χ2v) is 10.5. The van der Waals surface area contributed by atoms with Crippen LogP contribution in [0.2, 0.25) is 0 Å². The van der Waals surface area contributed by atoms with E-state index in [0.717, 1.165) is 4.90 Å². The molecule has 10 heteroatoms. The molecule has 0 unspecified atom stereocenters. The Morgan fingerprint density at radius 3 is 2.47 bits per heavy atom. The zero-order chi connectivity index (χ0) is 21.7. The lowest BCUT2D eigenvalue weighted by Gasteiger charge is -2.30. The van der Waals surface area contributed by atoms with Gasteiger partial charge in [0.2, 0.25) is 15.9 Å². The minimum absolute atomic E-state index is 0.204. The molecular weight excluding hydrogens is 444 g/mol. The molecule has 0 atom stereocenters. The summed E-state index contributed by atoms with van der Waals surface area (Å²) < 4.78 is 32.2. The number of benzene rings is 1. The van der Waals surface area contributed by atoms with Crippen LogP contribution in [0.3, 0.4) is 0 Å². The molecule has 0 aliphatic carbocycles. The lowest BCUT2D eigenvalue weighted by molar-refractivity contribution is -0.120. The number of rotatable bonds is 7. The van der Waals surface area contributed by atoms with E-state index in [0.29, 0.717) is 23.4 Å². The van der Waals surface area contributed by atoms with Crippen molar-refractivity contribution >= 4 is 50.0 Å². The van der Waals surface area contributed by atoms with Crippen molar-refractivity contribution in [2.75, 3.05) is 31.3 Å². The summed E-state index contributed by atoms with van der Waals surface area (Å²) in [4.78, 5) is 25.9. The van der Waals surface area contributed by atoms with Crippen molar-refractivity contribution in [3.63, 3.8) is 0 Å². The Morgan fingerprint density at radius 2 is 1.87 bits per heavy atom. The fourth-order valence-electron chi connectivity index (χ4n) is 3.24. The van der Waals surface area contributed by atoms with Gasteiger partial charge < -0.3 is 10.1 Å². The third-order valence-corrected chi connectivity index (χ3v) is 8.41. The van der Waals surface area contributed by atoms with Gasteiger partial charge in [-0.2, -0.15) is 4.31 Å². The summed E-state index contributed by atoms with van der Waals surface area (Å²) in [6.07, 6.45) is 2.79. The summed E-state index contributed by atoms with van der Waals surface area (Å²) in [6, 6.07) is 8.44. The fraction of sp³-hybridized carbons (Fsp3) is 0.400. The fourth-order valence-corrected chi connectivity index (χ4v) is 5.90. The molecule has 30 heavy (non-hydrogen) atoms. The minimum Gasteiger partial charge on any atom is -0.462 e. The van der Waals surface area contributed by atoms with Gasteiger partial charge in [-0.15, -0.1) is 23.1 Å². The number of esters is 1. The minimum atomic E-state index is -3.58. The van der Waals surface area contributed by atoms with Crippen molar-refractivity contribution in [1.82, 2.24) is 4.31 Å². The Labute approximate surface area is 184 Å². The number of piperidine rings is 1. The van der Waals surface area contributed by atoms with Crippen LogP contribution in [0.25, 0.3) is 0 Å². The number of carbonyl (C=O) groups excluding carboxylic acids is 2. The monoisotopic (exact) mass is 468 g/mol. The molecule has 1 aliphatic heterocycles. The van der Waals surface area contributed by atoms with Crippen LogP contribution < -0.4 is 5.32 Å². The van der Waals surface area contributed by atoms with Gasteiger partial charge in [0, 0.05) is 23.9 Å². The molecule has 2 aromatic rings. The highest BCUT2D eigenvalue weighted by Crippen LogP contribution is 2.28. The number of thiophene rings is 1. The van der Waals surface area contributed by atoms with Gasteiger partial charge in [0.1, 0.15) is 5.00 Å². The van der Waals surface area contributed by atoms with Crippen LogP contribution in [-0.4, -0.2) is 50.6 Å². The number of nitrogens with zero attached hydrogens (tertiary/aromatic N) is 1. The maximum atomic E-state index is 12.9. The first-order valence-corrected chi connectivity index (χ1v) is 13.1. The number of amides is 1. The first-order valence-electron chi connectivity index (χ1n) is 9.56. The summed E-state index contributed by atoms with van der Waals surface area (Å²) >= 11 is 2.81. The number of anilines is 1. The Kier molecular flexibility index (Phi) is 7.56. The van der Waals surface area contributed by atoms with E-state index in [1.807, 2.05) is 6.26 Å². The first kappa shape index (κ1) is 22.8. The van der Waals surface area contributed by atoms with Crippen LogP contribution in [0.1, 0.15) is 30.1 Å². The van der Waals surface area contributed by atoms with Gasteiger partial charge in [0.05, 0.1) is 17.1 Å².